The highest BCUT2D eigenvalue weighted by atomic mass is 32.2. The van der Waals surface area contributed by atoms with Crippen molar-refractivity contribution in [2.45, 2.75) is 62.2 Å². The number of ether oxygens (including phenoxy) is 4. The number of hydrogen-bond donors (Lipinski definition) is 2. The molecule has 3 saturated heterocycles. The molecule has 3 fully saturated rings. The number of sulfonamides is 1. The minimum atomic E-state index is -4.02. The first kappa shape index (κ1) is 33.6. The number of carbonyl (C=O) groups excluding carboxylic acids is 1. The summed E-state index contributed by atoms with van der Waals surface area (Å²) in [6, 6.07) is 14.2. The summed E-state index contributed by atoms with van der Waals surface area (Å²) in [5.74, 6) is -0.454. The molecule has 3 aliphatic heterocycles. The fourth-order valence-corrected chi connectivity index (χ4v) is 9.83. The first-order valence-corrected chi connectivity index (χ1v) is 18.4. The lowest BCUT2D eigenvalue weighted by Crippen LogP contribution is -2.53. The number of rotatable bonds is 12. The Labute approximate surface area is 265 Å². The van der Waals surface area contributed by atoms with E-state index in [0.29, 0.717) is 18.8 Å². The van der Waals surface area contributed by atoms with Crippen LogP contribution in [0.5, 0.6) is 5.75 Å². The third kappa shape index (κ3) is 7.98. The zero-order valence-corrected chi connectivity index (χ0v) is 27.3. The van der Waals surface area contributed by atoms with Crippen LogP contribution in [0.2, 0.25) is 0 Å². The maximum Gasteiger partial charge on any atom is 0.407 e. The quantitative estimate of drug-likeness (QED) is 0.344. The first-order valence-electron chi connectivity index (χ1n) is 15.2. The van der Waals surface area contributed by atoms with Crippen molar-refractivity contribution in [1.29, 1.82) is 0 Å². The number of aliphatic hydroxyl groups is 1. The summed E-state index contributed by atoms with van der Waals surface area (Å²) in [5, 5.41) is 14.3. The van der Waals surface area contributed by atoms with Crippen molar-refractivity contribution in [3.63, 3.8) is 0 Å². The predicted molar refractivity (Wildman–Crippen MR) is 165 cm³/mol. The van der Waals surface area contributed by atoms with Gasteiger partial charge in [0, 0.05) is 24.9 Å². The number of aliphatic hydroxyl groups excluding tert-OH is 1. The van der Waals surface area contributed by atoms with E-state index in [9.17, 15) is 26.7 Å². The van der Waals surface area contributed by atoms with Crippen molar-refractivity contribution in [3.8, 4) is 5.75 Å². The van der Waals surface area contributed by atoms with E-state index in [2.05, 4.69) is 5.32 Å². The summed E-state index contributed by atoms with van der Waals surface area (Å²) >= 11 is 0. The summed E-state index contributed by atoms with van der Waals surface area (Å²) in [6.45, 7) is 4.06. The molecule has 3 heterocycles. The van der Waals surface area contributed by atoms with Crippen LogP contribution in [0, 0.1) is 17.8 Å². The Morgan fingerprint density at radius 2 is 1.80 bits per heavy atom. The molecule has 2 aromatic carbocycles. The van der Waals surface area contributed by atoms with E-state index in [-0.39, 0.29) is 53.7 Å². The lowest BCUT2D eigenvalue weighted by Gasteiger charge is -2.35. The van der Waals surface area contributed by atoms with Crippen molar-refractivity contribution >= 4 is 26.0 Å². The molecule has 7 atom stereocenters. The summed E-state index contributed by atoms with van der Waals surface area (Å²) in [7, 11) is -6.08. The van der Waals surface area contributed by atoms with Gasteiger partial charge in [0.1, 0.15) is 11.9 Å². The second-order valence-corrected chi connectivity index (χ2v) is 16.5. The Morgan fingerprint density at radius 1 is 1.09 bits per heavy atom. The standard InChI is InChI=1S/C31H42N2O10S2/c1-20(2)16-33(45(38,39)23-11-9-22(40-3)10-12-23)17-26(34)25(15-21-7-5-4-6-8-21)32-31(35)43-28-19-44(36,37)18-27-29(28)24-13-14-41-30(24)42-27/h4-12,20,24-30,34H,13-19H2,1-3H3,(H,32,35)/t24?,25-,26+,27?,28?,29?,30?/m0/s1. The smallest absolute Gasteiger partial charge is 0.407 e. The van der Waals surface area contributed by atoms with Crippen molar-refractivity contribution < 1.29 is 45.7 Å². The third-order valence-corrected chi connectivity index (χ3v) is 12.1. The molecule has 0 spiro atoms. The molecule has 3 aliphatic rings. The van der Waals surface area contributed by atoms with Crippen LogP contribution >= 0.6 is 0 Å². The molecule has 5 rings (SSSR count). The molecule has 0 aromatic heterocycles. The molecule has 5 unspecified atom stereocenters. The van der Waals surface area contributed by atoms with Gasteiger partial charge in [-0.1, -0.05) is 44.2 Å². The van der Waals surface area contributed by atoms with Gasteiger partial charge in [-0.3, -0.25) is 0 Å². The van der Waals surface area contributed by atoms with Gasteiger partial charge in [-0.2, -0.15) is 4.31 Å². The van der Waals surface area contributed by atoms with Crippen LogP contribution in [0.3, 0.4) is 0 Å². The second-order valence-electron chi connectivity index (χ2n) is 12.4. The van der Waals surface area contributed by atoms with Crippen molar-refractivity contribution in [2.75, 3.05) is 38.3 Å². The van der Waals surface area contributed by atoms with E-state index >= 15 is 0 Å². The molecular formula is C31H42N2O10S2. The molecule has 0 aliphatic carbocycles. The molecule has 0 radical (unpaired) electrons. The summed E-state index contributed by atoms with van der Waals surface area (Å²) < 4.78 is 76.4. The summed E-state index contributed by atoms with van der Waals surface area (Å²) in [5.41, 5.74) is 0.797. The SMILES string of the molecule is COc1ccc(S(=O)(=O)N(CC(C)C)C[C@@H](O)[C@H](Cc2ccccc2)NC(=O)OC2CS(=O)(=O)CC3OC4OCCC4C23)cc1. The predicted octanol–water partition coefficient (Wildman–Crippen LogP) is 2.21. The van der Waals surface area contributed by atoms with Gasteiger partial charge in [-0.25, -0.2) is 21.6 Å². The maximum absolute atomic E-state index is 13.7. The van der Waals surface area contributed by atoms with Crippen LogP contribution in [0.1, 0.15) is 25.8 Å². The molecule has 45 heavy (non-hydrogen) atoms. The molecule has 0 bridgehead atoms. The van der Waals surface area contributed by atoms with Crippen molar-refractivity contribution in [2.24, 2.45) is 17.8 Å². The average molecular weight is 667 g/mol. The number of nitrogens with zero attached hydrogens (tertiary/aromatic N) is 1. The monoisotopic (exact) mass is 666 g/mol. The van der Waals surface area contributed by atoms with E-state index in [1.54, 1.807) is 12.1 Å². The van der Waals surface area contributed by atoms with Gasteiger partial charge in [0.25, 0.3) is 0 Å². The van der Waals surface area contributed by atoms with E-state index in [1.807, 2.05) is 44.2 Å². The average Bonchev–Trinajstić information content (AvgIpc) is 3.57. The highest BCUT2D eigenvalue weighted by Crippen LogP contribution is 2.45. The molecule has 14 heteroatoms. The number of nitrogens with one attached hydrogen (secondary N) is 1. The molecule has 0 saturated carbocycles. The van der Waals surface area contributed by atoms with Crippen molar-refractivity contribution in [3.05, 3.63) is 60.2 Å². The zero-order valence-electron chi connectivity index (χ0n) is 25.6. The van der Waals surface area contributed by atoms with Crippen LogP contribution in [0.25, 0.3) is 0 Å². The number of hydrogen-bond acceptors (Lipinski definition) is 10. The highest BCUT2D eigenvalue weighted by molar-refractivity contribution is 7.91. The van der Waals surface area contributed by atoms with Crippen LogP contribution in [-0.4, -0.2) is 101 Å². The van der Waals surface area contributed by atoms with E-state index in [1.165, 1.54) is 23.5 Å². The van der Waals surface area contributed by atoms with Gasteiger partial charge in [0.15, 0.2) is 16.1 Å². The zero-order chi connectivity index (χ0) is 32.4. The van der Waals surface area contributed by atoms with Crippen LogP contribution in [0.4, 0.5) is 4.79 Å². The first-order chi connectivity index (χ1) is 21.4. The molecule has 248 valence electrons. The number of benzene rings is 2. The Hall–Kier alpha value is -2.75. The third-order valence-electron chi connectivity index (χ3n) is 8.56. The van der Waals surface area contributed by atoms with Crippen LogP contribution in [-0.2, 0) is 40.5 Å². The Bertz CT molecular complexity index is 1520. The Morgan fingerprint density at radius 3 is 2.47 bits per heavy atom. The van der Waals surface area contributed by atoms with Gasteiger partial charge in [-0.05, 0) is 48.6 Å². The normalized spacial score (nSPS) is 27.0. The topological polar surface area (TPSA) is 158 Å². The Balaban J connectivity index is 1.35. The molecule has 2 aromatic rings. The van der Waals surface area contributed by atoms with E-state index in [0.717, 1.165) is 5.56 Å². The highest BCUT2D eigenvalue weighted by Gasteiger charge is 2.56. The van der Waals surface area contributed by atoms with E-state index < -0.39 is 56.6 Å². The van der Waals surface area contributed by atoms with Gasteiger partial charge in [0.05, 0.1) is 48.4 Å². The number of alkyl carbamates (subject to hydrolysis) is 1. The fraction of sp³-hybridized carbons (Fsp3) is 0.581. The molecule has 2 N–H and O–H groups in total. The van der Waals surface area contributed by atoms with E-state index in [4.69, 9.17) is 18.9 Å². The summed E-state index contributed by atoms with van der Waals surface area (Å²) in [6.07, 6.45) is -3.48. The minimum Gasteiger partial charge on any atom is -0.497 e. The number of amides is 1. The van der Waals surface area contributed by atoms with Gasteiger partial charge in [-0.15, -0.1) is 0 Å². The minimum absolute atomic E-state index is 0.0455. The van der Waals surface area contributed by atoms with Gasteiger partial charge >= 0.3 is 6.09 Å². The maximum atomic E-state index is 13.7. The lowest BCUT2D eigenvalue weighted by atomic mass is 9.85. The van der Waals surface area contributed by atoms with Crippen LogP contribution in [0.15, 0.2) is 59.5 Å². The number of carbonyl (C=O) groups is 1. The van der Waals surface area contributed by atoms with Crippen LogP contribution < -0.4 is 10.1 Å². The Kier molecular flexibility index (Phi) is 10.4. The molecule has 12 nitrogen and oxygen atoms in total. The molecule has 1 amide bonds. The molecular weight excluding hydrogens is 624 g/mol. The second kappa shape index (κ2) is 13.9. The fourth-order valence-electron chi connectivity index (χ4n) is 6.48. The van der Waals surface area contributed by atoms with Gasteiger partial charge < -0.3 is 29.4 Å². The largest absolute Gasteiger partial charge is 0.497 e. The number of methoxy groups -OCH3 is 1. The number of fused-ring (bicyclic) bond motifs is 3. The summed E-state index contributed by atoms with van der Waals surface area (Å²) in [4.78, 5) is 13.4. The van der Waals surface area contributed by atoms with Crippen molar-refractivity contribution in [1.82, 2.24) is 9.62 Å². The van der Waals surface area contributed by atoms with Gasteiger partial charge in [0.2, 0.25) is 10.0 Å². The lowest BCUT2D eigenvalue weighted by molar-refractivity contribution is -0.114. The number of sulfone groups is 1.